The summed E-state index contributed by atoms with van der Waals surface area (Å²) in [4.78, 5) is 0. The van der Waals surface area contributed by atoms with Crippen LogP contribution in [-0.4, -0.2) is 14.5 Å². The Balaban J connectivity index is 2.31. The molecule has 0 spiro atoms. The van der Waals surface area contributed by atoms with Gasteiger partial charge in [0, 0.05) is 0 Å². The SMILES string of the molecule is CCCCCCC[CH2][Al]([CH2]CCCCCCC)[O]c1ccc(F)cc1. The number of unbranched alkanes of at least 4 members (excludes halogenated alkanes) is 10. The number of benzene rings is 1. The minimum atomic E-state index is -1.22. The molecule has 142 valence electrons. The van der Waals surface area contributed by atoms with Crippen molar-refractivity contribution in [3.63, 3.8) is 0 Å². The Morgan fingerprint density at radius 1 is 0.680 bits per heavy atom. The summed E-state index contributed by atoms with van der Waals surface area (Å²) < 4.78 is 19.4. The van der Waals surface area contributed by atoms with Gasteiger partial charge in [-0.25, -0.2) is 4.39 Å². The molecule has 0 atom stereocenters. The van der Waals surface area contributed by atoms with Crippen molar-refractivity contribution < 1.29 is 8.18 Å². The van der Waals surface area contributed by atoms with Crippen LogP contribution in [0.1, 0.15) is 90.9 Å². The molecule has 0 amide bonds. The Morgan fingerprint density at radius 2 is 1.12 bits per heavy atom. The molecule has 0 radical (unpaired) electrons. The average Bonchev–Trinajstić information content (AvgIpc) is 2.62. The third kappa shape index (κ3) is 12.5. The van der Waals surface area contributed by atoms with Crippen LogP contribution in [0.25, 0.3) is 0 Å². The van der Waals surface area contributed by atoms with Gasteiger partial charge in [0.25, 0.3) is 0 Å². The van der Waals surface area contributed by atoms with E-state index in [4.69, 9.17) is 3.79 Å². The molecule has 0 aliphatic carbocycles. The predicted octanol–water partition coefficient (Wildman–Crippen LogP) is 7.92. The highest BCUT2D eigenvalue weighted by Gasteiger charge is 2.22. The summed E-state index contributed by atoms with van der Waals surface area (Å²) in [6.45, 7) is 4.53. The predicted molar refractivity (Wildman–Crippen MR) is 109 cm³/mol. The largest absolute Gasteiger partial charge is 0.643 e. The molecule has 1 aromatic carbocycles. The molecule has 1 nitrogen and oxygen atoms in total. The fourth-order valence-corrected chi connectivity index (χ4v) is 5.83. The molecule has 1 rings (SSSR count). The Morgan fingerprint density at radius 3 is 1.60 bits per heavy atom. The highest BCUT2D eigenvalue weighted by molar-refractivity contribution is 6.52. The van der Waals surface area contributed by atoms with Gasteiger partial charge >= 0.3 is 14.5 Å². The highest BCUT2D eigenvalue weighted by atomic mass is 27.2. The van der Waals surface area contributed by atoms with Crippen molar-refractivity contribution >= 4 is 14.5 Å². The van der Waals surface area contributed by atoms with E-state index in [1.807, 2.05) is 0 Å². The second kappa shape index (κ2) is 15.7. The third-order valence-electron chi connectivity index (χ3n) is 4.88. The number of rotatable bonds is 16. The fraction of sp³-hybridized carbons (Fsp3) is 0.727. The van der Waals surface area contributed by atoms with Gasteiger partial charge in [0.05, 0.1) is 5.75 Å². The van der Waals surface area contributed by atoms with Crippen LogP contribution in [0.3, 0.4) is 0 Å². The van der Waals surface area contributed by atoms with Crippen molar-refractivity contribution in [3.05, 3.63) is 30.1 Å². The van der Waals surface area contributed by atoms with Crippen LogP contribution < -0.4 is 3.79 Å². The van der Waals surface area contributed by atoms with E-state index in [1.165, 1.54) is 99.7 Å². The molecule has 0 N–H and O–H groups in total. The summed E-state index contributed by atoms with van der Waals surface area (Å²) >= 11 is -1.22. The van der Waals surface area contributed by atoms with Crippen LogP contribution in [0.5, 0.6) is 5.75 Å². The molecule has 0 bridgehead atoms. The quantitative estimate of drug-likeness (QED) is 0.214. The van der Waals surface area contributed by atoms with Gasteiger partial charge in [0.2, 0.25) is 0 Å². The summed E-state index contributed by atoms with van der Waals surface area (Å²) in [6.07, 6.45) is 16.1. The van der Waals surface area contributed by atoms with E-state index < -0.39 is 14.5 Å². The summed E-state index contributed by atoms with van der Waals surface area (Å²) in [6, 6.07) is 6.60. The first kappa shape index (κ1) is 22.5. The first-order valence-electron chi connectivity index (χ1n) is 10.7. The third-order valence-corrected chi connectivity index (χ3v) is 7.59. The smallest absolute Gasteiger partial charge is 0.546 e. The van der Waals surface area contributed by atoms with E-state index in [0.29, 0.717) is 0 Å². The van der Waals surface area contributed by atoms with Crippen molar-refractivity contribution in [2.24, 2.45) is 0 Å². The maximum absolute atomic E-state index is 13.1. The van der Waals surface area contributed by atoms with Gasteiger partial charge in [-0.15, -0.1) is 0 Å². The lowest BCUT2D eigenvalue weighted by molar-refractivity contribution is 0.537. The van der Waals surface area contributed by atoms with E-state index in [0.717, 1.165) is 5.75 Å². The zero-order chi connectivity index (χ0) is 18.2. The van der Waals surface area contributed by atoms with Crippen LogP contribution in [-0.2, 0) is 0 Å². The Hall–Kier alpha value is -0.518. The van der Waals surface area contributed by atoms with Gasteiger partial charge in [0.1, 0.15) is 5.82 Å². The van der Waals surface area contributed by atoms with E-state index in [-0.39, 0.29) is 5.82 Å². The van der Waals surface area contributed by atoms with Gasteiger partial charge < -0.3 is 3.79 Å². The zero-order valence-corrected chi connectivity index (χ0v) is 17.7. The van der Waals surface area contributed by atoms with E-state index >= 15 is 0 Å². The van der Waals surface area contributed by atoms with E-state index in [1.54, 1.807) is 12.1 Å². The van der Waals surface area contributed by atoms with Crippen molar-refractivity contribution in [3.8, 4) is 5.75 Å². The van der Waals surface area contributed by atoms with Gasteiger partial charge in [-0.2, -0.15) is 0 Å². The van der Waals surface area contributed by atoms with E-state index in [9.17, 15) is 4.39 Å². The molecule has 0 aliphatic rings. The Bertz CT molecular complexity index is 391. The summed E-state index contributed by atoms with van der Waals surface area (Å²) in [7, 11) is 0. The summed E-state index contributed by atoms with van der Waals surface area (Å²) in [5.74, 6) is 0.687. The zero-order valence-electron chi connectivity index (χ0n) is 16.6. The van der Waals surface area contributed by atoms with Crippen LogP contribution in [0.2, 0.25) is 10.6 Å². The first-order valence-corrected chi connectivity index (χ1v) is 12.8. The normalized spacial score (nSPS) is 10.8. The van der Waals surface area contributed by atoms with Crippen molar-refractivity contribution in [1.82, 2.24) is 0 Å². The molecule has 3 heteroatoms. The van der Waals surface area contributed by atoms with Crippen molar-refractivity contribution in [1.29, 1.82) is 0 Å². The second-order valence-corrected chi connectivity index (χ2v) is 9.94. The lowest BCUT2D eigenvalue weighted by Gasteiger charge is -2.15. The maximum Gasteiger partial charge on any atom is 0.546 e. The maximum atomic E-state index is 13.1. The molecule has 0 aliphatic heterocycles. The Kier molecular flexibility index (Phi) is 14.2. The van der Waals surface area contributed by atoms with Crippen LogP contribution in [0.4, 0.5) is 4.39 Å². The number of hydrogen-bond donors (Lipinski definition) is 0. The standard InChI is InChI=1S/2C8H17.C6H5FO.Al/c2*1-3-5-7-8-6-4-2;7-5-1-3-6(8)4-2-5;/h2*1,3-8H2,2H3;1-4,8H;/q;;;+1/p-1. The molecular formula is C22H38AlFO. The second-order valence-electron chi connectivity index (χ2n) is 7.31. The summed E-state index contributed by atoms with van der Waals surface area (Å²) in [5.41, 5.74) is 0. The molecule has 0 saturated carbocycles. The lowest BCUT2D eigenvalue weighted by Crippen LogP contribution is -2.21. The van der Waals surface area contributed by atoms with Crippen LogP contribution in [0, 0.1) is 5.82 Å². The topological polar surface area (TPSA) is 9.23 Å². The monoisotopic (exact) mass is 364 g/mol. The fourth-order valence-electron chi connectivity index (χ4n) is 3.27. The lowest BCUT2D eigenvalue weighted by atomic mass is 10.1. The van der Waals surface area contributed by atoms with Gasteiger partial charge in [-0.3, -0.25) is 0 Å². The van der Waals surface area contributed by atoms with E-state index in [2.05, 4.69) is 13.8 Å². The van der Waals surface area contributed by atoms with Gasteiger partial charge in [0.15, 0.2) is 0 Å². The van der Waals surface area contributed by atoms with Gasteiger partial charge in [-0.1, -0.05) is 101 Å². The van der Waals surface area contributed by atoms with Crippen molar-refractivity contribution in [2.75, 3.05) is 0 Å². The van der Waals surface area contributed by atoms with Crippen molar-refractivity contribution in [2.45, 2.75) is 101 Å². The molecule has 0 heterocycles. The molecule has 0 unspecified atom stereocenters. The van der Waals surface area contributed by atoms with Crippen LogP contribution in [0.15, 0.2) is 24.3 Å². The molecular weight excluding hydrogens is 326 g/mol. The van der Waals surface area contributed by atoms with Crippen LogP contribution >= 0.6 is 0 Å². The minimum absolute atomic E-state index is 0.183. The summed E-state index contributed by atoms with van der Waals surface area (Å²) in [5, 5.41) is 2.52. The molecule has 0 fully saturated rings. The number of halogens is 1. The molecule has 0 saturated heterocycles. The minimum Gasteiger partial charge on any atom is -0.643 e. The van der Waals surface area contributed by atoms with Gasteiger partial charge in [-0.05, 0) is 24.3 Å². The average molecular weight is 365 g/mol. The Labute approximate surface area is 160 Å². The molecule has 0 aromatic heterocycles. The highest BCUT2D eigenvalue weighted by Crippen LogP contribution is 2.19. The number of hydrogen-bond acceptors (Lipinski definition) is 1. The molecule has 25 heavy (non-hydrogen) atoms. The molecule has 1 aromatic rings. The first-order chi connectivity index (χ1) is 12.3.